The molecular formula is C9H17NO2. The van der Waals surface area contributed by atoms with E-state index in [-0.39, 0.29) is 17.6 Å². The van der Waals surface area contributed by atoms with Crippen LogP contribution in [0.2, 0.25) is 0 Å². The third-order valence-corrected chi connectivity index (χ3v) is 1.88. The minimum atomic E-state index is -0.463. The molecule has 0 aliphatic heterocycles. The highest BCUT2D eigenvalue weighted by Crippen LogP contribution is 2.10. The summed E-state index contributed by atoms with van der Waals surface area (Å²) in [6.45, 7) is 5.47. The van der Waals surface area contributed by atoms with E-state index in [0.29, 0.717) is 6.42 Å². The van der Waals surface area contributed by atoms with Crippen molar-refractivity contribution in [1.29, 1.82) is 0 Å². The number of hydrogen-bond acceptors (Lipinski definition) is 2. The highest BCUT2D eigenvalue weighted by atomic mass is 16.2. The van der Waals surface area contributed by atoms with Crippen molar-refractivity contribution < 1.29 is 9.59 Å². The van der Waals surface area contributed by atoms with Gasteiger partial charge in [-0.05, 0) is 6.42 Å². The third kappa shape index (κ3) is 2.64. The van der Waals surface area contributed by atoms with Crippen LogP contribution in [-0.4, -0.2) is 18.7 Å². The standard InChI is InChI=1S/C9H17NO2/c1-5-7(9(12)10-4)8(11)6(2)3/h6-7H,5H2,1-4H3,(H,10,12). The minimum Gasteiger partial charge on any atom is -0.359 e. The maximum atomic E-state index is 11.4. The summed E-state index contributed by atoms with van der Waals surface area (Å²) in [5, 5.41) is 2.49. The van der Waals surface area contributed by atoms with E-state index in [1.54, 1.807) is 7.05 Å². The van der Waals surface area contributed by atoms with Gasteiger partial charge < -0.3 is 5.32 Å². The van der Waals surface area contributed by atoms with Gasteiger partial charge in [-0.15, -0.1) is 0 Å². The van der Waals surface area contributed by atoms with E-state index in [4.69, 9.17) is 0 Å². The third-order valence-electron chi connectivity index (χ3n) is 1.88. The van der Waals surface area contributed by atoms with Gasteiger partial charge in [0.15, 0.2) is 0 Å². The fourth-order valence-corrected chi connectivity index (χ4v) is 1.09. The zero-order valence-corrected chi connectivity index (χ0v) is 8.18. The molecule has 0 heterocycles. The predicted octanol–water partition coefficient (Wildman–Crippen LogP) is 0.984. The summed E-state index contributed by atoms with van der Waals surface area (Å²) in [4.78, 5) is 22.6. The number of hydrogen-bond donors (Lipinski definition) is 1. The number of ketones is 1. The van der Waals surface area contributed by atoms with Crippen LogP contribution in [0.25, 0.3) is 0 Å². The molecule has 0 spiro atoms. The van der Waals surface area contributed by atoms with Gasteiger partial charge in [0.1, 0.15) is 5.78 Å². The average molecular weight is 171 g/mol. The van der Waals surface area contributed by atoms with Crippen molar-refractivity contribution in [3.8, 4) is 0 Å². The van der Waals surface area contributed by atoms with Gasteiger partial charge in [0, 0.05) is 13.0 Å². The van der Waals surface area contributed by atoms with Gasteiger partial charge in [-0.2, -0.15) is 0 Å². The maximum Gasteiger partial charge on any atom is 0.230 e. The monoisotopic (exact) mass is 171 g/mol. The average Bonchev–Trinajstić information content (AvgIpc) is 2.05. The number of nitrogens with one attached hydrogen (secondary N) is 1. The molecule has 0 bridgehead atoms. The Kier molecular flexibility index (Phi) is 4.55. The Morgan fingerprint density at radius 2 is 1.83 bits per heavy atom. The summed E-state index contributed by atoms with van der Waals surface area (Å²) < 4.78 is 0. The lowest BCUT2D eigenvalue weighted by molar-refractivity contribution is -0.135. The van der Waals surface area contributed by atoms with Crippen LogP contribution in [0.3, 0.4) is 0 Å². The molecule has 0 rings (SSSR count). The fourth-order valence-electron chi connectivity index (χ4n) is 1.09. The topological polar surface area (TPSA) is 46.2 Å². The Bertz CT molecular complexity index is 175. The first-order valence-electron chi connectivity index (χ1n) is 4.29. The van der Waals surface area contributed by atoms with E-state index in [1.807, 2.05) is 20.8 Å². The normalized spacial score (nSPS) is 12.8. The predicted molar refractivity (Wildman–Crippen MR) is 47.7 cm³/mol. The van der Waals surface area contributed by atoms with Gasteiger partial charge >= 0.3 is 0 Å². The minimum absolute atomic E-state index is 0.0249. The van der Waals surface area contributed by atoms with Crippen molar-refractivity contribution in [2.24, 2.45) is 11.8 Å². The van der Waals surface area contributed by atoms with Crippen LogP contribution in [0.15, 0.2) is 0 Å². The Hall–Kier alpha value is -0.860. The van der Waals surface area contributed by atoms with Crippen molar-refractivity contribution in [2.45, 2.75) is 27.2 Å². The lowest BCUT2D eigenvalue weighted by atomic mass is 9.92. The lowest BCUT2D eigenvalue weighted by Gasteiger charge is -2.13. The van der Waals surface area contributed by atoms with E-state index in [9.17, 15) is 9.59 Å². The smallest absolute Gasteiger partial charge is 0.230 e. The van der Waals surface area contributed by atoms with E-state index in [1.165, 1.54) is 0 Å². The molecule has 0 saturated heterocycles. The summed E-state index contributed by atoms with van der Waals surface area (Å²) in [5.74, 6) is -0.671. The first kappa shape index (κ1) is 11.1. The van der Waals surface area contributed by atoms with Crippen molar-refractivity contribution in [1.82, 2.24) is 5.32 Å². The molecule has 0 fully saturated rings. The van der Waals surface area contributed by atoms with Gasteiger partial charge in [0.05, 0.1) is 5.92 Å². The second-order valence-electron chi connectivity index (χ2n) is 3.13. The van der Waals surface area contributed by atoms with Crippen LogP contribution in [-0.2, 0) is 9.59 Å². The molecule has 0 aromatic heterocycles. The molecule has 3 nitrogen and oxygen atoms in total. The lowest BCUT2D eigenvalue weighted by Crippen LogP contribution is -2.34. The fraction of sp³-hybridized carbons (Fsp3) is 0.778. The molecule has 3 heteroatoms. The molecule has 0 aliphatic carbocycles. The van der Waals surface area contributed by atoms with Crippen LogP contribution in [0.5, 0.6) is 0 Å². The molecule has 1 atom stereocenters. The van der Waals surface area contributed by atoms with Crippen LogP contribution in [0.4, 0.5) is 0 Å². The summed E-state index contributed by atoms with van der Waals surface area (Å²) in [5.41, 5.74) is 0. The zero-order chi connectivity index (χ0) is 9.72. The van der Waals surface area contributed by atoms with Crippen LogP contribution >= 0.6 is 0 Å². The Balaban J connectivity index is 4.34. The molecule has 0 aromatic carbocycles. The number of rotatable bonds is 4. The molecule has 0 radical (unpaired) electrons. The summed E-state index contributed by atoms with van der Waals surface area (Å²) in [6.07, 6.45) is 0.580. The Labute approximate surface area is 73.5 Å². The summed E-state index contributed by atoms with van der Waals surface area (Å²) >= 11 is 0. The Morgan fingerprint density at radius 1 is 1.33 bits per heavy atom. The Morgan fingerprint density at radius 3 is 2.08 bits per heavy atom. The SMILES string of the molecule is CCC(C(=O)NC)C(=O)C(C)C. The first-order valence-corrected chi connectivity index (χ1v) is 4.29. The second kappa shape index (κ2) is 4.91. The van der Waals surface area contributed by atoms with Crippen molar-refractivity contribution in [2.75, 3.05) is 7.05 Å². The summed E-state index contributed by atoms with van der Waals surface area (Å²) in [7, 11) is 1.55. The zero-order valence-electron chi connectivity index (χ0n) is 8.18. The number of carbonyl (C=O) groups excluding carboxylic acids is 2. The highest BCUT2D eigenvalue weighted by Gasteiger charge is 2.25. The molecule has 12 heavy (non-hydrogen) atoms. The first-order chi connectivity index (χ1) is 5.54. The largest absolute Gasteiger partial charge is 0.359 e. The van der Waals surface area contributed by atoms with Crippen molar-refractivity contribution in [3.05, 3.63) is 0 Å². The van der Waals surface area contributed by atoms with Gasteiger partial charge in [0.2, 0.25) is 5.91 Å². The second-order valence-corrected chi connectivity index (χ2v) is 3.13. The van der Waals surface area contributed by atoms with Crippen LogP contribution in [0.1, 0.15) is 27.2 Å². The molecule has 0 aliphatic rings. The van der Waals surface area contributed by atoms with Gasteiger partial charge in [-0.3, -0.25) is 9.59 Å². The van der Waals surface area contributed by atoms with Crippen LogP contribution < -0.4 is 5.32 Å². The van der Waals surface area contributed by atoms with Gasteiger partial charge in [-0.1, -0.05) is 20.8 Å². The molecular weight excluding hydrogens is 154 g/mol. The quantitative estimate of drug-likeness (QED) is 0.641. The van der Waals surface area contributed by atoms with Crippen molar-refractivity contribution >= 4 is 11.7 Å². The van der Waals surface area contributed by atoms with E-state index >= 15 is 0 Å². The summed E-state index contributed by atoms with van der Waals surface area (Å²) in [6, 6.07) is 0. The van der Waals surface area contributed by atoms with E-state index in [2.05, 4.69) is 5.32 Å². The van der Waals surface area contributed by atoms with E-state index < -0.39 is 5.92 Å². The molecule has 70 valence electrons. The van der Waals surface area contributed by atoms with Gasteiger partial charge in [0.25, 0.3) is 0 Å². The molecule has 0 saturated carbocycles. The number of Topliss-reactive ketones (excluding diaryl/α,β-unsaturated/α-hetero) is 1. The molecule has 1 unspecified atom stereocenters. The van der Waals surface area contributed by atoms with Gasteiger partial charge in [-0.25, -0.2) is 0 Å². The van der Waals surface area contributed by atoms with E-state index in [0.717, 1.165) is 0 Å². The van der Waals surface area contributed by atoms with Crippen LogP contribution in [0, 0.1) is 11.8 Å². The highest BCUT2D eigenvalue weighted by molar-refractivity contribution is 6.01. The number of carbonyl (C=O) groups is 2. The molecule has 0 aromatic rings. The maximum absolute atomic E-state index is 11.4. The molecule has 1 N–H and O–H groups in total. The number of amides is 1. The molecule has 1 amide bonds. The van der Waals surface area contributed by atoms with Crippen molar-refractivity contribution in [3.63, 3.8) is 0 Å².